The van der Waals surface area contributed by atoms with Gasteiger partial charge in [0.25, 0.3) is 5.69 Å². The summed E-state index contributed by atoms with van der Waals surface area (Å²) in [6, 6.07) is 9.96. The molecule has 0 aliphatic carbocycles. The SMILES string of the molecule is COc1cccn1-c1ccc([N+](=O)[O-])cc1. The molecule has 0 saturated heterocycles. The van der Waals surface area contributed by atoms with Gasteiger partial charge in [-0.3, -0.25) is 14.7 Å². The Morgan fingerprint density at radius 2 is 1.94 bits per heavy atom. The van der Waals surface area contributed by atoms with Gasteiger partial charge in [-0.25, -0.2) is 0 Å². The number of benzene rings is 1. The molecule has 1 heterocycles. The van der Waals surface area contributed by atoms with E-state index >= 15 is 0 Å². The van der Waals surface area contributed by atoms with E-state index in [-0.39, 0.29) is 5.69 Å². The zero-order chi connectivity index (χ0) is 11.5. The lowest BCUT2D eigenvalue weighted by atomic mass is 10.3. The summed E-state index contributed by atoms with van der Waals surface area (Å²) in [5.74, 6) is 0.689. The molecule has 0 saturated carbocycles. The van der Waals surface area contributed by atoms with Crippen LogP contribution in [0.5, 0.6) is 5.88 Å². The number of hydrogen-bond acceptors (Lipinski definition) is 3. The summed E-state index contributed by atoms with van der Waals surface area (Å²) in [5.41, 5.74) is 0.905. The van der Waals surface area contributed by atoms with Crippen LogP contribution in [0.1, 0.15) is 0 Å². The molecule has 1 aromatic heterocycles. The number of ether oxygens (including phenoxy) is 1. The zero-order valence-electron chi connectivity index (χ0n) is 8.66. The fraction of sp³-hybridized carbons (Fsp3) is 0.0909. The molecule has 0 amide bonds. The first kappa shape index (κ1) is 10.2. The lowest BCUT2D eigenvalue weighted by Gasteiger charge is -2.07. The molecule has 0 N–H and O–H groups in total. The molecule has 0 radical (unpaired) electrons. The van der Waals surface area contributed by atoms with Crippen LogP contribution in [-0.4, -0.2) is 16.6 Å². The van der Waals surface area contributed by atoms with Gasteiger partial charge in [0.15, 0.2) is 5.88 Å². The summed E-state index contributed by atoms with van der Waals surface area (Å²) in [6.45, 7) is 0. The first-order valence-electron chi connectivity index (χ1n) is 4.68. The minimum atomic E-state index is -0.420. The van der Waals surface area contributed by atoms with Crippen LogP contribution in [0.15, 0.2) is 42.6 Å². The molecule has 5 heteroatoms. The standard InChI is InChI=1S/C11H10N2O3/c1-16-11-3-2-8-12(11)9-4-6-10(7-5-9)13(14)15/h2-8H,1H3. The van der Waals surface area contributed by atoms with E-state index in [1.165, 1.54) is 12.1 Å². The van der Waals surface area contributed by atoms with E-state index in [1.54, 1.807) is 19.2 Å². The van der Waals surface area contributed by atoms with Crippen molar-refractivity contribution in [2.24, 2.45) is 0 Å². The molecule has 5 nitrogen and oxygen atoms in total. The molecule has 0 aliphatic heterocycles. The molecule has 0 spiro atoms. The van der Waals surface area contributed by atoms with E-state index < -0.39 is 4.92 Å². The van der Waals surface area contributed by atoms with E-state index in [0.717, 1.165) is 5.69 Å². The molecule has 16 heavy (non-hydrogen) atoms. The van der Waals surface area contributed by atoms with Crippen LogP contribution < -0.4 is 4.74 Å². The topological polar surface area (TPSA) is 57.3 Å². The average Bonchev–Trinajstić information content (AvgIpc) is 2.77. The number of nitro groups is 1. The Morgan fingerprint density at radius 1 is 1.25 bits per heavy atom. The molecule has 2 aromatic rings. The number of methoxy groups -OCH3 is 1. The summed E-state index contributed by atoms with van der Waals surface area (Å²) in [4.78, 5) is 10.1. The van der Waals surface area contributed by atoms with E-state index in [1.807, 2.05) is 22.9 Å². The summed E-state index contributed by atoms with van der Waals surface area (Å²) < 4.78 is 6.96. The van der Waals surface area contributed by atoms with Crippen molar-refractivity contribution in [1.82, 2.24) is 4.57 Å². The van der Waals surface area contributed by atoms with Gasteiger partial charge in [-0.15, -0.1) is 0 Å². The molecular formula is C11H10N2O3. The summed E-state index contributed by atoms with van der Waals surface area (Å²) >= 11 is 0. The van der Waals surface area contributed by atoms with E-state index in [0.29, 0.717) is 5.88 Å². The van der Waals surface area contributed by atoms with Crippen LogP contribution in [0.4, 0.5) is 5.69 Å². The number of rotatable bonds is 3. The first-order chi connectivity index (χ1) is 7.72. The molecular weight excluding hydrogens is 208 g/mol. The van der Waals surface area contributed by atoms with Gasteiger partial charge in [0.2, 0.25) is 0 Å². The minimum Gasteiger partial charge on any atom is -0.482 e. The van der Waals surface area contributed by atoms with Gasteiger partial charge in [-0.05, 0) is 18.2 Å². The molecule has 1 aromatic carbocycles. The third-order valence-electron chi connectivity index (χ3n) is 2.26. The Morgan fingerprint density at radius 3 is 2.50 bits per heavy atom. The normalized spacial score (nSPS) is 10.1. The second-order valence-corrected chi connectivity index (χ2v) is 3.19. The van der Waals surface area contributed by atoms with Gasteiger partial charge in [0.05, 0.1) is 12.0 Å². The molecule has 2 rings (SSSR count). The molecule has 0 atom stereocenters. The maximum atomic E-state index is 10.5. The second-order valence-electron chi connectivity index (χ2n) is 3.19. The highest BCUT2D eigenvalue weighted by Gasteiger charge is 2.06. The van der Waals surface area contributed by atoms with Crippen LogP contribution in [-0.2, 0) is 0 Å². The Kier molecular flexibility index (Phi) is 2.59. The van der Waals surface area contributed by atoms with Crippen LogP contribution in [0.3, 0.4) is 0 Å². The van der Waals surface area contributed by atoms with Crippen LogP contribution in [0, 0.1) is 10.1 Å². The van der Waals surface area contributed by atoms with Crippen molar-refractivity contribution < 1.29 is 9.66 Å². The molecule has 0 fully saturated rings. The zero-order valence-corrected chi connectivity index (χ0v) is 8.66. The Labute approximate surface area is 92.0 Å². The van der Waals surface area contributed by atoms with E-state index in [4.69, 9.17) is 4.74 Å². The summed E-state index contributed by atoms with van der Waals surface area (Å²) in [5, 5.41) is 10.5. The fourth-order valence-electron chi connectivity index (χ4n) is 1.48. The third kappa shape index (κ3) is 1.75. The van der Waals surface area contributed by atoms with E-state index in [2.05, 4.69) is 0 Å². The molecule has 0 bridgehead atoms. The van der Waals surface area contributed by atoms with Crippen molar-refractivity contribution >= 4 is 5.69 Å². The summed E-state index contributed by atoms with van der Waals surface area (Å²) in [7, 11) is 1.58. The second kappa shape index (κ2) is 4.06. The van der Waals surface area contributed by atoms with Gasteiger partial charge in [0.1, 0.15) is 0 Å². The highest BCUT2D eigenvalue weighted by atomic mass is 16.6. The van der Waals surface area contributed by atoms with Crippen molar-refractivity contribution in [2.75, 3.05) is 7.11 Å². The monoisotopic (exact) mass is 218 g/mol. The lowest BCUT2D eigenvalue weighted by Crippen LogP contribution is -1.96. The van der Waals surface area contributed by atoms with Crippen molar-refractivity contribution in [2.45, 2.75) is 0 Å². The van der Waals surface area contributed by atoms with Crippen molar-refractivity contribution in [3.8, 4) is 11.6 Å². The maximum Gasteiger partial charge on any atom is 0.269 e. The van der Waals surface area contributed by atoms with Crippen LogP contribution >= 0.6 is 0 Å². The molecule has 0 aliphatic rings. The van der Waals surface area contributed by atoms with Crippen LogP contribution in [0.2, 0.25) is 0 Å². The van der Waals surface area contributed by atoms with Crippen LogP contribution in [0.25, 0.3) is 5.69 Å². The fourth-order valence-corrected chi connectivity index (χ4v) is 1.48. The Hall–Kier alpha value is -2.30. The number of aromatic nitrogens is 1. The van der Waals surface area contributed by atoms with Gasteiger partial charge < -0.3 is 4.74 Å². The number of nitrogens with zero attached hydrogens (tertiary/aromatic N) is 2. The predicted octanol–water partition coefficient (Wildman–Crippen LogP) is 2.39. The van der Waals surface area contributed by atoms with Gasteiger partial charge >= 0.3 is 0 Å². The molecule has 0 unspecified atom stereocenters. The largest absolute Gasteiger partial charge is 0.482 e. The number of non-ortho nitro benzene ring substituents is 1. The first-order valence-corrected chi connectivity index (χ1v) is 4.68. The predicted molar refractivity (Wildman–Crippen MR) is 59.0 cm³/mol. The summed E-state index contributed by atoms with van der Waals surface area (Å²) in [6.07, 6.45) is 1.83. The average molecular weight is 218 g/mol. The van der Waals surface area contributed by atoms with Crippen molar-refractivity contribution in [1.29, 1.82) is 0 Å². The van der Waals surface area contributed by atoms with Gasteiger partial charge in [-0.2, -0.15) is 0 Å². The maximum absolute atomic E-state index is 10.5. The van der Waals surface area contributed by atoms with Crippen molar-refractivity contribution in [3.05, 3.63) is 52.7 Å². The quantitative estimate of drug-likeness (QED) is 0.587. The number of hydrogen-bond donors (Lipinski definition) is 0. The Balaban J connectivity index is 2.38. The van der Waals surface area contributed by atoms with Crippen molar-refractivity contribution in [3.63, 3.8) is 0 Å². The van der Waals surface area contributed by atoms with Gasteiger partial charge in [0, 0.05) is 30.1 Å². The molecule has 82 valence electrons. The highest BCUT2D eigenvalue weighted by Crippen LogP contribution is 2.20. The Bertz CT molecular complexity index is 502. The smallest absolute Gasteiger partial charge is 0.269 e. The van der Waals surface area contributed by atoms with E-state index in [9.17, 15) is 10.1 Å². The van der Waals surface area contributed by atoms with Gasteiger partial charge in [-0.1, -0.05) is 0 Å². The lowest BCUT2D eigenvalue weighted by molar-refractivity contribution is -0.384. The highest BCUT2D eigenvalue weighted by molar-refractivity contribution is 5.43. The number of nitro benzene ring substituents is 1. The minimum absolute atomic E-state index is 0.0786. The third-order valence-corrected chi connectivity index (χ3v) is 2.26.